The van der Waals surface area contributed by atoms with Gasteiger partial charge in [-0.2, -0.15) is 0 Å². The molecule has 0 spiro atoms. The molecule has 1 aromatic heterocycles. The smallest absolute Gasteiger partial charge is 0.340 e. The van der Waals surface area contributed by atoms with Gasteiger partial charge in [0.1, 0.15) is 11.6 Å². The van der Waals surface area contributed by atoms with Crippen molar-refractivity contribution in [1.29, 1.82) is 0 Å². The number of amides is 1. The molecule has 1 heterocycles. The fraction of sp³-hybridized carbons (Fsp3) is 0.136. The van der Waals surface area contributed by atoms with Crippen molar-refractivity contribution in [2.45, 2.75) is 13.5 Å². The molecule has 1 amide bonds. The van der Waals surface area contributed by atoms with Crippen molar-refractivity contribution in [1.82, 2.24) is 4.98 Å². The van der Waals surface area contributed by atoms with Crippen LogP contribution in [0.25, 0.3) is 0 Å². The normalized spacial score (nSPS) is 10.3. The lowest BCUT2D eigenvalue weighted by molar-refractivity contribution is 0.0527. The summed E-state index contributed by atoms with van der Waals surface area (Å²) in [5.41, 5.74) is 1.91. The molecule has 0 aliphatic rings. The number of nitrogens with zero attached hydrogens (tertiary/aromatic N) is 1. The standard InChI is InChI=1S/C22H20FN3O3/c1-2-29-22(28)18-5-3-4-6-19(18)26-21(27)16-11-12-24-20(13-16)25-14-15-7-9-17(23)10-8-15/h3-13H,2,14H2,1H3,(H,24,25)(H,26,27). The molecule has 0 fully saturated rings. The Hall–Kier alpha value is -3.74. The lowest BCUT2D eigenvalue weighted by Gasteiger charge is -2.11. The first-order chi connectivity index (χ1) is 14.1. The lowest BCUT2D eigenvalue weighted by Crippen LogP contribution is -2.16. The number of ether oxygens (including phenoxy) is 1. The molecule has 0 aliphatic heterocycles. The van der Waals surface area contributed by atoms with Gasteiger partial charge in [-0.3, -0.25) is 4.79 Å². The number of carbonyl (C=O) groups excluding carboxylic acids is 2. The predicted molar refractivity (Wildman–Crippen MR) is 108 cm³/mol. The largest absolute Gasteiger partial charge is 0.462 e. The van der Waals surface area contributed by atoms with Gasteiger partial charge in [0.15, 0.2) is 0 Å². The van der Waals surface area contributed by atoms with E-state index in [4.69, 9.17) is 4.74 Å². The van der Waals surface area contributed by atoms with Gasteiger partial charge in [0.25, 0.3) is 5.91 Å². The summed E-state index contributed by atoms with van der Waals surface area (Å²) in [6, 6.07) is 15.9. The zero-order valence-corrected chi connectivity index (χ0v) is 15.8. The highest BCUT2D eigenvalue weighted by atomic mass is 19.1. The third-order valence-electron chi connectivity index (χ3n) is 4.08. The van der Waals surface area contributed by atoms with Crippen molar-refractivity contribution in [2.75, 3.05) is 17.2 Å². The Kier molecular flexibility index (Phi) is 6.52. The van der Waals surface area contributed by atoms with Crippen LogP contribution in [0.15, 0.2) is 66.9 Å². The third-order valence-corrected chi connectivity index (χ3v) is 4.08. The van der Waals surface area contributed by atoms with E-state index in [0.717, 1.165) is 5.56 Å². The molecule has 148 valence electrons. The van der Waals surface area contributed by atoms with Gasteiger partial charge in [-0.15, -0.1) is 0 Å². The highest BCUT2D eigenvalue weighted by Gasteiger charge is 2.15. The number of para-hydroxylation sites is 1. The summed E-state index contributed by atoms with van der Waals surface area (Å²) in [7, 11) is 0. The van der Waals surface area contributed by atoms with Crippen LogP contribution in [0.5, 0.6) is 0 Å². The first-order valence-corrected chi connectivity index (χ1v) is 9.08. The summed E-state index contributed by atoms with van der Waals surface area (Å²) in [5.74, 6) is -0.678. The van der Waals surface area contributed by atoms with E-state index in [1.54, 1.807) is 55.5 Å². The third kappa shape index (κ3) is 5.38. The second kappa shape index (κ2) is 9.45. The fourth-order valence-electron chi connectivity index (χ4n) is 2.64. The highest BCUT2D eigenvalue weighted by molar-refractivity contribution is 6.08. The molecule has 3 aromatic rings. The van der Waals surface area contributed by atoms with Crippen LogP contribution in [-0.4, -0.2) is 23.5 Å². The number of carbonyl (C=O) groups is 2. The van der Waals surface area contributed by atoms with Crippen LogP contribution in [0.1, 0.15) is 33.2 Å². The number of rotatable bonds is 7. The second-order valence-corrected chi connectivity index (χ2v) is 6.13. The van der Waals surface area contributed by atoms with Crippen LogP contribution in [0, 0.1) is 5.82 Å². The van der Waals surface area contributed by atoms with E-state index >= 15 is 0 Å². The molecule has 0 atom stereocenters. The minimum absolute atomic E-state index is 0.245. The Bertz CT molecular complexity index is 1010. The van der Waals surface area contributed by atoms with E-state index in [1.807, 2.05) is 0 Å². The van der Waals surface area contributed by atoms with Crippen molar-refractivity contribution in [3.63, 3.8) is 0 Å². The highest BCUT2D eigenvalue weighted by Crippen LogP contribution is 2.18. The van der Waals surface area contributed by atoms with Gasteiger partial charge in [-0.25, -0.2) is 14.2 Å². The van der Waals surface area contributed by atoms with Crippen molar-refractivity contribution < 1.29 is 18.7 Å². The number of benzene rings is 2. The van der Waals surface area contributed by atoms with Gasteiger partial charge in [0.05, 0.1) is 17.9 Å². The number of aromatic nitrogens is 1. The zero-order chi connectivity index (χ0) is 20.6. The van der Waals surface area contributed by atoms with E-state index < -0.39 is 5.97 Å². The number of nitrogens with one attached hydrogen (secondary N) is 2. The maximum Gasteiger partial charge on any atom is 0.340 e. The molecule has 7 heteroatoms. The van der Waals surface area contributed by atoms with Gasteiger partial charge < -0.3 is 15.4 Å². The first-order valence-electron chi connectivity index (χ1n) is 9.08. The van der Waals surface area contributed by atoms with Gasteiger partial charge >= 0.3 is 5.97 Å². The van der Waals surface area contributed by atoms with Crippen LogP contribution in [0.2, 0.25) is 0 Å². The molecular weight excluding hydrogens is 373 g/mol. The minimum atomic E-state index is -0.500. The van der Waals surface area contributed by atoms with Crippen molar-refractivity contribution in [3.05, 3.63) is 89.4 Å². The number of hydrogen-bond acceptors (Lipinski definition) is 5. The summed E-state index contributed by atoms with van der Waals surface area (Å²) >= 11 is 0. The summed E-state index contributed by atoms with van der Waals surface area (Å²) in [5, 5.41) is 5.83. The van der Waals surface area contributed by atoms with Crippen LogP contribution in [-0.2, 0) is 11.3 Å². The number of halogens is 1. The Labute approximate surface area is 167 Å². The average Bonchev–Trinajstić information content (AvgIpc) is 2.74. The Morgan fingerprint density at radius 1 is 1.07 bits per heavy atom. The molecule has 3 rings (SSSR count). The van der Waals surface area contributed by atoms with Crippen molar-refractivity contribution >= 4 is 23.4 Å². The summed E-state index contributed by atoms with van der Waals surface area (Å²) in [6.07, 6.45) is 1.51. The minimum Gasteiger partial charge on any atom is -0.462 e. The van der Waals surface area contributed by atoms with Crippen LogP contribution < -0.4 is 10.6 Å². The van der Waals surface area contributed by atoms with Gasteiger partial charge in [0, 0.05) is 18.3 Å². The van der Waals surface area contributed by atoms with Gasteiger partial charge in [-0.05, 0) is 48.9 Å². The molecule has 29 heavy (non-hydrogen) atoms. The SMILES string of the molecule is CCOC(=O)c1ccccc1NC(=O)c1ccnc(NCc2ccc(F)cc2)c1. The Morgan fingerprint density at radius 3 is 2.59 bits per heavy atom. The lowest BCUT2D eigenvalue weighted by atomic mass is 10.1. The quantitative estimate of drug-likeness (QED) is 0.586. The molecule has 0 bridgehead atoms. The molecule has 0 unspecified atom stereocenters. The molecule has 0 radical (unpaired) electrons. The average molecular weight is 393 g/mol. The molecule has 6 nitrogen and oxygen atoms in total. The molecule has 0 saturated carbocycles. The number of pyridine rings is 1. The number of hydrogen-bond donors (Lipinski definition) is 2. The van der Waals surface area contributed by atoms with Crippen LogP contribution in [0.4, 0.5) is 15.9 Å². The topological polar surface area (TPSA) is 80.3 Å². The molecule has 0 saturated heterocycles. The van der Waals surface area contributed by atoms with Crippen molar-refractivity contribution in [2.24, 2.45) is 0 Å². The van der Waals surface area contributed by atoms with Gasteiger partial charge in [-0.1, -0.05) is 24.3 Å². The molecule has 2 N–H and O–H groups in total. The van der Waals surface area contributed by atoms with Crippen LogP contribution >= 0.6 is 0 Å². The summed E-state index contributed by atoms with van der Waals surface area (Å²) in [4.78, 5) is 28.9. The Morgan fingerprint density at radius 2 is 1.83 bits per heavy atom. The molecule has 2 aromatic carbocycles. The first kappa shape index (κ1) is 20.0. The predicted octanol–water partition coefficient (Wildman–Crippen LogP) is 4.26. The van der Waals surface area contributed by atoms with Crippen molar-refractivity contribution in [3.8, 4) is 0 Å². The second-order valence-electron chi connectivity index (χ2n) is 6.13. The summed E-state index contributed by atoms with van der Waals surface area (Å²) < 4.78 is 18.0. The molecule has 0 aliphatic carbocycles. The maximum atomic E-state index is 13.0. The molecular formula is C22H20FN3O3. The van der Waals surface area contributed by atoms with E-state index in [-0.39, 0.29) is 23.9 Å². The number of anilines is 2. The van der Waals surface area contributed by atoms with E-state index in [9.17, 15) is 14.0 Å². The van der Waals surface area contributed by atoms with E-state index in [2.05, 4.69) is 15.6 Å². The number of esters is 1. The van der Waals surface area contributed by atoms with Gasteiger partial charge in [0.2, 0.25) is 0 Å². The Balaban J connectivity index is 1.70. The van der Waals surface area contributed by atoms with Crippen LogP contribution in [0.3, 0.4) is 0 Å². The monoisotopic (exact) mass is 393 g/mol. The fourth-order valence-corrected chi connectivity index (χ4v) is 2.64. The van der Waals surface area contributed by atoms with E-state index in [1.165, 1.54) is 18.3 Å². The van der Waals surface area contributed by atoms with E-state index in [0.29, 0.717) is 23.6 Å². The maximum absolute atomic E-state index is 13.0. The summed E-state index contributed by atoms with van der Waals surface area (Å²) in [6.45, 7) is 2.40. The zero-order valence-electron chi connectivity index (χ0n) is 15.8.